The van der Waals surface area contributed by atoms with E-state index in [9.17, 15) is 29.4 Å². The van der Waals surface area contributed by atoms with Crippen LogP contribution in [0.15, 0.2) is 30.5 Å². The smallest absolute Gasteiger partial charge is 0.326 e. The van der Waals surface area contributed by atoms with Gasteiger partial charge in [-0.25, -0.2) is 4.79 Å². The van der Waals surface area contributed by atoms with E-state index in [0.717, 1.165) is 16.5 Å². The van der Waals surface area contributed by atoms with Crippen LogP contribution >= 0.6 is 0 Å². The van der Waals surface area contributed by atoms with Gasteiger partial charge in [0.2, 0.25) is 17.7 Å². The molecule has 3 amide bonds. The number of fused-ring (bicyclic) bond motifs is 1. The first-order valence-corrected chi connectivity index (χ1v) is 13.6. The Labute approximate surface area is 233 Å². The van der Waals surface area contributed by atoms with Crippen LogP contribution in [0.4, 0.5) is 0 Å². The highest BCUT2D eigenvalue weighted by atomic mass is 16.4. The molecule has 13 heteroatoms. The van der Waals surface area contributed by atoms with E-state index >= 15 is 0 Å². The van der Waals surface area contributed by atoms with Gasteiger partial charge in [-0.1, -0.05) is 18.2 Å². The van der Waals surface area contributed by atoms with Crippen molar-refractivity contribution in [3.8, 4) is 0 Å². The van der Waals surface area contributed by atoms with Crippen LogP contribution in [0.1, 0.15) is 51.0 Å². The molecule has 2 rings (SSSR count). The lowest BCUT2D eigenvalue weighted by atomic mass is 10.0. The zero-order valence-electron chi connectivity index (χ0n) is 22.9. The quantitative estimate of drug-likeness (QED) is 0.104. The van der Waals surface area contributed by atoms with E-state index in [4.69, 9.17) is 17.2 Å². The zero-order valence-corrected chi connectivity index (χ0v) is 22.9. The highest BCUT2D eigenvalue weighted by Crippen LogP contribution is 2.19. The molecule has 0 radical (unpaired) electrons. The third-order valence-electron chi connectivity index (χ3n) is 6.70. The van der Waals surface area contributed by atoms with Crippen molar-refractivity contribution in [2.75, 3.05) is 13.1 Å². The van der Waals surface area contributed by atoms with E-state index in [0.29, 0.717) is 38.8 Å². The lowest BCUT2D eigenvalue weighted by Crippen LogP contribution is -2.58. The summed E-state index contributed by atoms with van der Waals surface area (Å²) in [5.41, 5.74) is 18.5. The molecule has 5 atom stereocenters. The maximum atomic E-state index is 13.3. The molecule has 0 spiro atoms. The Hall–Kier alpha value is -3.52. The van der Waals surface area contributed by atoms with Crippen LogP contribution in [0.3, 0.4) is 0 Å². The molecule has 0 aliphatic rings. The first-order chi connectivity index (χ1) is 19.1. The summed E-state index contributed by atoms with van der Waals surface area (Å²) in [6, 6.07) is 2.84. The van der Waals surface area contributed by atoms with E-state index in [-0.39, 0.29) is 19.3 Å². The summed E-state index contributed by atoms with van der Waals surface area (Å²) in [5.74, 6) is -3.22. The normalized spacial score (nSPS) is 15.0. The Morgan fingerprint density at radius 2 is 1.38 bits per heavy atom. The van der Waals surface area contributed by atoms with Crippen molar-refractivity contribution >= 4 is 34.6 Å². The van der Waals surface area contributed by atoms with Crippen LogP contribution in [0.25, 0.3) is 10.9 Å². The fraction of sp³-hybridized carbons (Fsp3) is 0.556. The average molecular weight is 562 g/mol. The molecule has 0 aliphatic carbocycles. The number of carboxylic acids is 1. The minimum atomic E-state index is -1.25. The number of rotatable bonds is 18. The Morgan fingerprint density at radius 1 is 0.850 bits per heavy atom. The Kier molecular flexibility index (Phi) is 13.5. The van der Waals surface area contributed by atoms with E-state index in [1.807, 2.05) is 24.3 Å². The van der Waals surface area contributed by atoms with E-state index < -0.39 is 54.0 Å². The first kappa shape index (κ1) is 32.7. The fourth-order valence-corrected chi connectivity index (χ4v) is 4.28. The number of unbranched alkanes of at least 4 members (excludes halogenated alkanes) is 2. The number of nitrogens with two attached hydrogens (primary N) is 3. The second kappa shape index (κ2) is 16.6. The number of aliphatic hydroxyl groups excluding tert-OH is 1. The minimum Gasteiger partial charge on any atom is -0.480 e. The molecular formula is C27H43N7O6. The van der Waals surface area contributed by atoms with Gasteiger partial charge >= 0.3 is 5.97 Å². The molecule has 1 heterocycles. The minimum absolute atomic E-state index is 0.0313. The van der Waals surface area contributed by atoms with Gasteiger partial charge in [0, 0.05) is 23.5 Å². The van der Waals surface area contributed by atoms with Gasteiger partial charge in [-0.05, 0) is 70.2 Å². The Balaban J connectivity index is 2.18. The van der Waals surface area contributed by atoms with Crippen LogP contribution < -0.4 is 33.2 Å². The number of H-pyrrole nitrogens is 1. The number of aromatic amines is 1. The Bertz CT molecular complexity index is 1120. The molecule has 12 N–H and O–H groups in total. The third kappa shape index (κ3) is 9.90. The maximum Gasteiger partial charge on any atom is 0.326 e. The van der Waals surface area contributed by atoms with Crippen LogP contribution in [0.2, 0.25) is 0 Å². The monoisotopic (exact) mass is 561 g/mol. The van der Waals surface area contributed by atoms with Crippen molar-refractivity contribution in [3.63, 3.8) is 0 Å². The highest BCUT2D eigenvalue weighted by Gasteiger charge is 2.31. The number of aliphatic hydroxyl groups is 1. The second-order valence-electron chi connectivity index (χ2n) is 9.92. The van der Waals surface area contributed by atoms with Crippen LogP contribution in [0.5, 0.6) is 0 Å². The number of carbonyl (C=O) groups excluding carboxylic acids is 3. The predicted molar refractivity (Wildman–Crippen MR) is 151 cm³/mol. The summed E-state index contributed by atoms with van der Waals surface area (Å²) in [6.45, 7) is 2.14. The molecule has 0 saturated heterocycles. The summed E-state index contributed by atoms with van der Waals surface area (Å²) < 4.78 is 0. The van der Waals surface area contributed by atoms with Gasteiger partial charge in [0.1, 0.15) is 24.2 Å². The van der Waals surface area contributed by atoms with Gasteiger partial charge in [-0.15, -0.1) is 0 Å². The summed E-state index contributed by atoms with van der Waals surface area (Å²) in [6.07, 6.45) is 3.28. The van der Waals surface area contributed by atoms with Gasteiger partial charge in [-0.2, -0.15) is 0 Å². The fourth-order valence-electron chi connectivity index (χ4n) is 4.28. The molecule has 13 nitrogen and oxygen atoms in total. The van der Waals surface area contributed by atoms with Gasteiger partial charge < -0.3 is 48.3 Å². The number of aromatic nitrogens is 1. The lowest BCUT2D eigenvalue weighted by molar-refractivity contribution is -0.142. The van der Waals surface area contributed by atoms with Crippen molar-refractivity contribution < 1.29 is 29.4 Å². The first-order valence-electron chi connectivity index (χ1n) is 13.6. The van der Waals surface area contributed by atoms with Crippen LogP contribution in [-0.2, 0) is 25.6 Å². The molecule has 222 valence electrons. The number of benzene rings is 1. The van der Waals surface area contributed by atoms with E-state index in [1.165, 1.54) is 6.92 Å². The second-order valence-corrected chi connectivity index (χ2v) is 9.92. The van der Waals surface area contributed by atoms with Gasteiger partial charge in [0.05, 0.1) is 6.10 Å². The number of carbonyl (C=O) groups is 4. The highest BCUT2D eigenvalue weighted by molar-refractivity contribution is 5.94. The largest absolute Gasteiger partial charge is 0.480 e. The number of hydrogen-bond donors (Lipinski definition) is 9. The van der Waals surface area contributed by atoms with Crippen LogP contribution in [0, 0.1) is 0 Å². The van der Waals surface area contributed by atoms with E-state index in [1.54, 1.807) is 6.20 Å². The molecular weight excluding hydrogens is 518 g/mol. The van der Waals surface area contributed by atoms with Gasteiger partial charge in [0.25, 0.3) is 0 Å². The standard InChI is InChI=1S/C27H43N7O6/c1-16(35)23(30)26(38)33-21(11-5-7-13-29)24(36)32-20(10-4-6-12-28)25(37)34-22(27(39)40)14-17-15-31-19-9-3-2-8-18(17)19/h2-3,8-9,15-16,20-23,31,35H,4-7,10-14,28-30H2,1H3,(H,32,36)(H,33,38)(H,34,37)(H,39,40). The molecule has 0 aliphatic heterocycles. The number of amides is 3. The molecule has 40 heavy (non-hydrogen) atoms. The summed E-state index contributed by atoms with van der Waals surface area (Å²) in [7, 11) is 0. The number of para-hydroxylation sites is 1. The summed E-state index contributed by atoms with van der Waals surface area (Å²) in [4.78, 5) is 54.2. The van der Waals surface area contributed by atoms with Crippen molar-refractivity contribution in [2.24, 2.45) is 17.2 Å². The van der Waals surface area contributed by atoms with Gasteiger partial charge in [0.15, 0.2) is 0 Å². The van der Waals surface area contributed by atoms with E-state index in [2.05, 4.69) is 20.9 Å². The molecule has 0 fully saturated rings. The Morgan fingerprint density at radius 3 is 1.90 bits per heavy atom. The molecule has 0 saturated carbocycles. The number of aliphatic carboxylic acids is 1. The maximum absolute atomic E-state index is 13.3. The average Bonchev–Trinajstić information content (AvgIpc) is 3.33. The molecule has 1 aromatic heterocycles. The summed E-state index contributed by atoms with van der Waals surface area (Å²) >= 11 is 0. The number of carboxylic acid groups (broad SMARTS) is 1. The zero-order chi connectivity index (χ0) is 29.7. The number of nitrogens with one attached hydrogen (secondary N) is 4. The molecule has 2 aromatic rings. The van der Waals surface area contributed by atoms with Crippen molar-refractivity contribution in [1.29, 1.82) is 0 Å². The number of hydrogen-bond acceptors (Lipinski definition) is 8. The molecule has 5 unspecified atom stereocenters. The SMILES string of the molecule is CC(O)C(N)C(=O)NC(CCCCN)C(=O)NC(CCCCN)C(=O)NC(Cc1c[nH]c2ccccc12)C(=O)O. The topological polar surface area (TPSA) is 239 Å². The lowest BCUT2D eigenvalue weighted by Gasteiger charge is -2.25. The van der Waals surface area contributed by atoms with Crippen molar-refractivity contribution in [3.05, 3.63) is 36.0 Å². The molecule has 1 aromatic carbocycles. The predicted octanol–water partition coefficient (Wildman–Crippen LogP) is -0.784. The van der Waals surface area contributed by atoms with Crippen molar-refractivity contribution in [1.82, 2.24) is 20.9 Å². The van der Waals surface area contributed by atoms with Crippen molar-refractivity contribution in [2.45, 2.75) is 82.1 Å². The van der Waals surface area contributed by atoms with Crippen LogP contribution in [-0.4, -0.2) is 82.2 Å². The molecule has 0 bridgehead atoms. The summed E-state index contributed by atoms with van der Waals surface area (Å²) in [5, 5.41) is 28.1. The third-order valence-corrected chi connectivity index (χ3v) is 6.70. The van der Waals surface area contributed by atoms with Gasteiger partial charge in [-0.3, -0.25) is 14.4 Å².